The summed E-state index contributed by atoms with van der Waals surface area (Å²) in [6.45, 7) is 2.12. The summed E-state index contributed by atoms with van der Waals surface area (Å²) in [5.74, 6) is 1.53. The van der Waals surface area contributed by atoms with Gasteiger partial charge < -0.3 is 4.90 Å². The highest BCUT2D eigenvalue weighted by Crippen LogP contribution is 2.42. The lowest BCUT2D eigenvalue weighted by atomic mass is 9.76. The minimum absolute atomic E-state index is 0.363. The van der Waals surface area contributed by atoms with Gasteiger partial charge in [-0.05, 0) is 44.6 Å². The van der Waals surface area contributed by atoms with Gasteiger partial charge in [-0.15, -0.1) is 0 Å². The summed E-state index contributed by atoms with van der Waals surface area (Å²) in [4.78, 5) is 14.1. The molecule has 1 N–H and O–H groups in total. The number of nitrogens with zero attached hydrogens (tertiary/aromatic N) is 1. The van der Waals surface area contributed by atoms with Gasteiger partial charge in [-0.25, -0.2) is 0 Å². The van der Waals surface area contributed by atoms with E-state index in [2.05, 4.69) is 10.2 Å². The molecule has 2 saturated heterocycles. The van der Waals surface area contributed by atoms with Crippen molar-refractivity contribution < 1.29 is 4.79 Å². The van der Waals surface area contributed by atoms with Crippen molar-refractivity contribution in [2.45, 2.75) is 38.3 Å². The van der Waals surface area contributed by atoms with Crippen LogP contribution in [0.3, 0.4) is 0 Å². The van der Waals surface area contributed by atoms with Crippen molar-refractivity contribution in [3.8, 4) is 0 Å². The first-order chi connectivity index (χ1) is 6.86. The molecule has 0 aromatic heterocycles. The third kappa shape index (κ3) is 1.18. The van der Waals surface area contributed by atoms with E-state index in [1.807, 2.05) is 0 Å². The minimum Gasteiger partial charge on any atom is -0.327 e. The van der Waals surface area contributed by atoms with Crippen LogP contribution < -0.4 is 5.32 Å². The van der Waals surface area contributed by atoms with E-state index in [1.165, 1.54) is 19.3 Å². The molecule has 3 nitrogen and oxygen atoms in total. The molecular formula is C11H18N2O. The fraction of sp³-hybridized carbons (Fsp3) is 0.909. The summed E-state index contributed by atoms with van der Waals surface area (Å²) < 4.78 is 0. The van der Waals surface area contributed by atoms with Crippen molar-refractivity contribution in [1.29, 1.82) is 0 Å². The van der Waals surface area contributed by atoms with Gasteiger partial charge in [-0.2, -0.15) is 0 Å². The van der Waals surface area contributed by atoms with Gasteiger partial charge in [0, 0.05) is 12.5 Å². The molecule has 0 spiro atoms. The Balaban J connectivity index is 1.69. The van der Waals surface area contributed by atoms with Crippen LogP contribution in [-0.4, -0.2) is 30.1 Å². The van der Waals surface area contributed by atoms with E-state index in [-0.39, 0.29) is 0 Å². The third-order valence-corrected chi connectivity index (χ3v) is 4.11. The first-order valence-electron chi connectivity index (χ1n) is 5.90. The molecule has 1 saturated carbocycles. The zero-order valence-electron chi connectivity index (χ0n) is 8.54. The van der Waals surface area contributed by atoms with E-state index < -0.39 is 0 Å². The Morgan fingerprint density at radius 3 is 2.64 bits per heavy atom. The molecule has 14 heavy (non-hydrogen) atoms. The number of carbonyl (C=O) groups excluding carboxylic acids is 1. The molecule has 3 atom stereocenters. The number of amides is 1. The zero-order chi connectivity index (χ0) is 9.54. The van der Waals surface area contributed by atoms with E-state index >= 15 is 0 Å². The van der Waals surface area contributed by atoms with Gasteiger partial charge in [-0.1, -0.05) is 0 Å². The van der Waals surface area contributed by atoms with Crippen LogP contribution in [0, 0.1) is 11.8 Å². The highest BCUT2D eigenvalue weighted by Gasteiger charge is 2.47. The van der Waals surface area contributed by atoms with Gasteiger partial charge in [0.25, 0.3) is 0 Å². The average Bonchev–Trinajstić information content (AvgIpc) is 2.38. The molecule has 1 aliphatic carbocycles. The van der Waals surface area contributed by atoms with Gasteiger partial charge in [0.1, 0.15) is 0 Å². The molecule has 3 aliphatic rings. The molecule has 3 heteroatoms. The quantitative estimate of drug-likeness (QED) is 0.674. The van der Waals surface area contributed by atoms with E-state index in [1.54, 1.807) is 0 Å². The van der Waals surface area contributed by atoms with Crippen molar-refractivity contribution in [1.82, 2.24) is 10.2 Å². The van der Waals surface area contributed by atoms with Crippen LogP contribution in [0.1, 0.15) is 32.1 Å². The molecule has 2 heterocycles. The fourth-order valence-electron chi connectivity index (χ4n) is 3.05. The van der Waals surface area contributed by atoms with Gasteiger partial charge in [0.2, 0.25) is 5.91 Å². The van der Waals surface area contributed by atoms with Crippen LogP contribution in [0.5, 0.6) is 0 Å². The van der Waals surface area contributed by atoms with Crippen molar-refractivity contribution >= 4 is 5.91 Å². The second-order valence-corrected chi connectivity index (χ2v) is 4.90. The van der Waals surface area contributed by atoms with Crippen LogP contribution in [0.4, 0.5) is 0 Å². The first-order valence-corrected chi connectivity index (χ1v) is 5.90. The van der Waals surface area contributed by atoms with E-state index in [4.69, 9.17) is 0 Å². The number of hydrogen-bond donors (Lipinski definition) is 1. The second kappa shape index (κ2) is 3.23. The lowest BCUT2D eigenvalue weighted by Gasteiger charge is -2.32. The average molecular weight is 194 g/mol. The molecule has 0 aromatic rings. The number of rotatable bonds is 1. The van der Waals surface area contributed by atoms with Crippen LogP contribution in [0.2, 0.25) is 0 Å². The van der Waals surface area contributed by atoms with E-state index in [9.17, 15) is 4.79 Å². The monoisotopic (exact) mass is 194 g/mol. The summed E-state index contributed by atoms with van der Waals surface area (Å²) >= 11 is 0. The molecule has 2 aliphatic heterocycles. The Bertz CT molecular complexity index is 248. The highest BCUT2D eigenvalue weighted by molar-refractivity contribution is 5.82. The summed E-state index contributed by atoms with van der Waals surface area (Å²) in [7, 11) is 0. The summed E-state index contributed by atoms with van der Waals surface area (Å²) in [6, 6.07) is 0. The lowest BCUT2D eigenvalue weighted by molar-refractivity contribution is -0.135. The van der Waals surface area contributed by atoms with Crippen LogP contribution >= 0.6 is 0 Å². The Hall–Kier alpha value is -0.570. The molecule has 0 bridgehead atoms. The third-order valence-electron chi connectivity index (χ3n) is 4.11. The standard InChI is InChI=1S/C11H18N2O/c14-11-9-5-4-8(9)7-13(11)10-3-1-2-6-12-10/h8-10,12H,1-7H2. The number of fused-ring (bicyclic) bond motifs is 1. The van der Waals surface area contributed by atoms with E-state index in [0.29, 0.717) is 23.9 Å². The molecule has 3 rings (SSSR count). The van der Waals surface area contributed by atoms with Gasteiger partial charge >= 0.3 is 0 Å². The van der Waals surface area contributed by atoms with Crippen LogP contribution in [-0.2, 0) is 4.79 Å². The largest absolute Gasteiger partial charge is 0.327 e. The summed E-state index contributed by atoms with van der Waals surface area (Å²) in [5, 5.41) is 3.47. The Kier molecular flexibility index (Phi) is 2.01. The smallest absolute Gasteiger partial charge is 0.227 e. The van der Waals surface area contributed by atoms with Crippen molar-refractivity contribution in [3.63, 3.8) is 0 Å². The van der Waals surface area contributed by atoms with Crippen LogP contribution in [0.25, 0.3) is 0 Å². The van der Waals surface area contributed by atoms with Gasteiger partial charge in [0.15, 0.2) is 0 Å². The molecule has 1 amide bonds. The van der Waals surface area contributed by atoms with Crippen molar-refractivity contribution in [2.24, 2.45) is 11.8 Å². The normalized spacial score (nSPS) is 42.1. The number of nitrogens with one attached hydrogen (secondary N) is 1. The molecular weight excluding hydrogens is 176 g/mol. The summed E-state index contributed by atoms with van der Waals surface area (Å²) in [5.41, 5.74) is 0. The Morgan fingerprint density at radius 2 is 2.14 bits per heavy atom. The number of likely N-dealkylation sites (tertiary alicyclic amines) is 1. The Labute approximate surface area is 84.8 Å². The first kappa shape index (κ1) is 8.72. The molecule has 0 aromatic carbocycles. The second-order valence-electron chi connectivity index (χ2n) is 4.90. The molecule has 78 valence electrons. The molecule has 3 fully saturated rings. The van der Waals surface area contributed by atoms with Crippen molar-refractivity contribution in [2.75, 3.05) is 13.1 Å². The maximum absolute atomic E-state index is 12.0. The highest BCUT2D eigenvalue weighted by atomic mass is 16.2. The van der Waals surface area contributed by atoms with Crippen molar-refractivity contribution in [3.05, 3.63) is 0 Å². The maximum Gasteiger partial charge on any atom is 0.227 e. The zero-order valence-corrected chi connectivity index (χ0v) is 8.54. The SMILES string of the molecule is O=C1C2CCC2CN1C1CCCCN1. The van der Waals surface area contributed by atoms with E-state index in [0.717, 1.165) is 25.9 Å². The predicted octanol–water partition coefficient (Wildman–Crippen LogP) is 0.954. The maximum atomic E-state index is 12.0. The molecule has 0 radical (unpaired) electrons. The molecule has 3 unspecified atom stereocenters. The van der Waals surface area contributed by atoms with Gasteiger partial charge in [-0.3, -0.25) is 10.1 Å². The predicted molar refractivity (Wildman–Crippen MR) is 53.6 cm³/mol. The number of hydrogen-bond acceptors (Lipinski definition) is 2. The number of carbonyl (C=O) groups is 1. The fourth-order valence-corrected chi connectivity index (χ4v) is 3.05. The Morgan fingerprint density at radius 1 is 1.21 bits per heavy atom. The topological polar surface area (TPSA) is 32.3 Å². The van der Waals surface area contributed by atoms with Crippen LogP contribution in [0.15, 0.2) is 0 Å². The number of piperidine rings is 1. The summed E-state index contributed by atoms with van der Waals surface area (Å²) in [6.07, 6.45) is 6.49. The lowest BCUT2D eigenvalue weighted by Crippen LogP contribution is -2.49. The van der Waals surface area contributed by atoms with Gasteiger partial charge in [0.05, 0.1) is 6.17 Å². The minimum atomic E-state index is 0.363.